The van der Waals surface area contributed by atoms with E-state index in [4.69, 9.17) is 0 Å². The van der Waals surface area contributed by atoms with Gasteiger partial charge in [-0.05, 0) is 30.7 Å². The minimum atomic E-state index is 0.0617. The quantitative estimate of drug-likeness (QED) is 0.492. The SMILES string of the molecule is Cc1c(N2CCN(Cc3ccccc3)CC2)c2ccccc2n(-c2ccccc2)c1=O. The fourth-order valence-corrected chi connectivity index (χ4v) is 4.66. The van der Waals surface area contributed by atoms with Crippen LogP contribution in [0.3, 0.4) is 0 Å². The lowest BCUT2D eigenvalue weighted by Gasteiger charge is -2.37. The standard InChI is InChI=1S/C27H27N3O/c1-21-26(29-18-16-28(17-19-29)20-22-10-4-2-5-11-22)24-14-8-9-15-25(24)30(27(21)31)23-12-6-3-7-13-23/h2-15H,16-20H2,1H3. The summed E-state index contributed by atoms with van der Waals surface area (Å²) in [5, 5.41) is 1.14. The second-order valence-corrected chi connectivity index (χ2v) is 8.22. The fourth-order valence-electron chi connectivity index (χ4n) is 4.66. The van der Waals surface area contributed by atoms with E-state index in [1.807, 2.05) is 47.9 Å². The molecule has 0 aliphatic carbocycles. The zero-order valence-electron chi connectivity index (χ0n) is 17.9. The number of para-hydroxylation sites is 2. The molecule has 0 atom stereocenters. The first-order valence-corrected chi connectivity index (χ1v) is 10.9. The summed E-state index contributed by atoms with van der Waals surface area (Å²) in [6.07, 6.45) is 0. The smallest absolute Gasteiger partial charge is 0.260 e. The first-order valence-electron chi connectivity index (χ1n) is 10.9. The summed E-state index contributed by atoms with van der Waals surface area (Å²) in [5.41, 5.74) is 5.19. The maximum atomic E-state index is 13.5. The Balaban J connectivity index is 1.49. The third kappa shape index (κ3) is 3.75. The molecule has 0 unspecified atom stereocenters. The van der Waals surface area contributed by atoms with E-state index >= 15 is 0 Å². The maximum Gasteiger partial charge on any atom is 0.260 e. The molecule has 4 aromatic rings. The van der Waals surface area contributed by atoms with Crippen molar-refractivity contribution in [2.45, 2.75) is 13.5 Å². The van der Waals surface area contributed by atoms with Crippen LogP contribution in [-0.2, 0) is 6.54 Å². The van der Waals surface area contributed by atoms with Crippen molar-refractivity contribution in [3.8, 4) is 5.69 Å². The minimum absolute atomic E-state index is 0.0617. The van der Waals surface area contributed by atoms with Gasteiger partial charge >= 0.3 is 0 Å². The highest BCUT2D eigenvalue weighted by molar-refractivity contribution is 5.94. The lowest BCUT2D eigenvalue weighted by Crippen LogP contribution is -2.46. The molecule has 1 aromatic heterocycles. The van der Waals surface area contributed by atoms with Crippen LogP contribution < -0.4 is 10.5 Å². The molecule has 5 rings (SSSR count). The number of pyridine rings is 1. The Bertz CT molecular complexity index is 1240. The van der Waals surface area contributed by atoms with Gasteiger partial charge < -0.3 is 4.90 Å². The number of fused-ring (bicyclic) bond motifs is 1. The molecule has 0 amide bonds. The number of nitrogens with zero attached hydrogens (tertiary/aromatic N) is 3. The Morgan fingerprint density at radius 2 is 1.35 bits per heavy atom. The van der Waals surface area contributed by atoms with Crippen LogP contribution in [0.1, 0.15) is 11.1 Å². The molecule has 1 aliphatic heterocycles. The van der Waals surface area contributed by atoms with Crippen LogP contribution in [0.5, 0.6) is 0 Å². The lowest BCUT2D eigenvalue weighted by molar-refractivity contribution is 0.250. The first-order chi connectivity index (χ1) is 15.2. The van der Waals surface area contributed by atoms with E-state index in [1.165, 1.54) is 5.56 Å². The van der Waals surface area contributed by atoms with Crippen molar-refractivity contribution in [1.82, 2.24) is 9.47 Å². The topological polar surface area (TPSA) is 28.5 Å². The molecular formula is C27H27N3O. The number of benzene rings is 3. The fraction of sp³-hybridized carbons (Fsp3) is 0.222. The van der Waals surface area contributed by atoms with E-state index in [0.29, 0.717) is 0 Å². The molecule has 1 aliphatic rings. The van der Waals surface area contributed by atoms with Gasteiger partial charge in [-0.15, -0.1) is 0 Å². The molecule has 31 heavy (non-hydrogen) atoms. The number of hydrogen-bond acceptors (Lipinski definition) is 3. The van der Waals surface area contributed by atoms with Crippen LogP contribution in [0.4, 0.5) is 5.69 Å². The molecule has 2 heterocycles. The van der Waals surface area contributed by atoms with Gasteiger partial charge in [0.15, 0.2) is 0 Å². The van der Waals surface area contributed by atoms with Crippen LogP contribution in [0.2, 0.25) is 0 Å². The second-order valence-electron chi connectivity index (χ2n) is 8.22. The van der Waals surface area contributed by atoms with Gasteiger partial charge in [0.1, 0.15) is 0 Å². The van der Waals surface area contributed by atoms with Crippen LogP contribution in [0, 0.1) is 6.92 Å². The van der Waals surface area contributed by atoms with Crippen molar-refractivity contribution in [3.63, 3.8) is 0 Å². The summed E-state index contributed by atoms with van der Waals surface area (Å²) in [6, 6.07) is 28.8. The van der Waals surface area contributed by atoms with Gasteiger partial charge in [-0.1, -0.05) is 66.7 Å². The first kappa shape index (κ1) is 19.6. The van der Waals surface area contributed by atoms with Crippen LogP contribution in [0.25, 0.3) is 16.6 Å². The summed E-state index contributed by atoms with van der Waals surface area (Å²) in [7, 11) is 0. The molecule has 1 fully saturated rings. The third-order valence-corrected chi connectivity index (χ3v) is 6.23. The van der Waals surface area contributed by atoms with Gasteiger partial charge in [-0.3, -0.25) is 14.3 Å². The molecule has 3 aromatic carbocycles. The van der Waals surface area contributed by atoms with Crippen molar-refractivity contribution in [2.24, 2.45) is 0 Å². The van der Waals surface area contributed by atoms with Crippen molar-refractivity contribution in [3.05, 3.63) is 106 Å². The molecule has 1 saturated heterocycles. The number of piperazine rings is 1. The third-order valence-electron chi connectivity index (χ3n) is 6.23. The molecule has 0 bridgehead atoms. The van der Waals surface area contributed by atoms with Crippen molar-refractivity contribution < 1.29 is 0 Å². The number of hydrogen-bond donors (Lipinski definition) is 0. The van der Waals surface area contributed by atoms with Crippen molar-refractivity contribution >= 4 is 16.6 Å². The molecule has 0 spiro atoms. The highest BCUT2D eigenvalue weighted by Crippen LogP contribution is 2.30. The van der Waals surface area contributed by atoms with Crippen molar-refractivity contribution in [1.29, 1.82) is 0 Å². The Kier molecular flexibility index (Phi) is 5.31. The molecular weight excluding hydrogens is 382 g/mol. The van der Waals surface area contributed by atoms with Crippen molar-refractivity contribution in [2.75, 3.05) is 31.1 Å². The van der Waals surface area contributed by atoms with Gasteiger partial charge in [-0.25, -0.2) is 0 Å². The molecule has 0 saturated carbocycles. The number of aromatic nitrogens is 1. The molecule has 0 radical (unpaired) electrons. The maximum absolute atomic E-state index is 13.5. The summed E-state index contributed by atoms with van der Waals surface area (Å²) in [5.74, 6) is 0. The summed E-state index contributed by atoms with van der Waals surface area (Å²) in [4.78, 5) is 18.4. The summed E-state index contributed by atoms with van der Waals surface area (Å²) in [6.45, 7) is 6.78. The summed E-state index contributed by atoms with van der Waals surface area (Å²) >= 11 is 0. The van der Waals surface area contributed by atoms with E-state index in [-0.39, 0.29) is 5.56 Å². The number of anilines is 1. The minimum Gasteiger partial charge on any atom is -0.368 e. The normalized spacial score (nSPS) is 14.8. The van der Waals surface area contributed by atoms with Gasteiger partial charge in [-0.2, -0.15) is 0 Å². The monoisotopic (exact) mass is 409 g/mol. The van der Waals surface area contributed by atoms with Gasteiger partial charge in [0.2, 0.25) is 0 Å². The number of rotatable bonds is 4. The summed E-state index contributed by atoms with van der Waals surface area (Å²) < 4.78 is 1.85. The molecule has 0 N–H and O–H groups in total. The Morgan fingerprint density at radius 3 is 2.06 bits per heavy atom. The average Bonchev–Trinajstić information content (AvgIpc) is 2.82. The highest BCUT2D eigenvalue weighted by Gasteiger charge is 2.23. The van der Waals surface area contributed by atoms with E-state index in [2.05, 4.69) is 58.3 Å². The lowest BCUT2D eigenvalue weighted by atomic mass is 10.1. The van der Waals surface area contributed by atoms with Gasteiger partial charge in [0.05, 0.1) is 11.2 Å². The second kappa shape index (κ2) is 8.40. The Hall–Kier alpha value is -3.37. The zero-order chi connectivity index (χ0) is 21.2. The zero-order valence-corrected chi connectivity index (χ0v) is 17.9. The predicted octanol–water partition coefficient (Wildman–Crippen LogP) is 4.62. The van der Waals surface area contributed by atoms with Crippen LogP contribution >= 0.6 is 0 Å². The van der Waals surface area contributed by atoms with E-state index in [0.717, 1.165) is 60.6 Å². The average molecular weight is 410 g/mol. The molecule has 156 valence electrons. The van der Waals surface area contributed by atoms with Crippen LogP contribution in [0.15, 0.2) is 89.7 Å². The largest absolute Gasteiger partial charge is 0.368 e. The van der Waals surface area contributed by atoms with E-state index in [1.54, 1.807) is 0 Å². The van der Waals surface area contributed by atoms with E-state index < -0.39 is 0 Å². The predicted molar refractivity (Wildman–Crippen MR) is 128 cm³/mol. The Morgan fingerprint density at radius 1 is 0.742 bits per heavy atom. The highest BCUT2D eigenvalue weighted by atomic mass is 16.1. The Labute approximate surface area is 183 Å². The van der Waals surface area contributed by atoms with Gasteiger partial charge in [0.25, 0.3) is 5.56 Å². The van der Waals surface area contributed by atoms with Crippen LogP contribution in [-0.4, -0.2) is 35.6 Å². The van der Waals surface area contributed by atoms with Gasteiger partial charge in [0, 0.05) is 49.4 Å². The molecule has 4 nitrogen and oxygen atoms in total. The van der Waals surface area contributed by atoms with E-state index in [9.17, 15) is 4.79 Å². The molecule has 4 heteroatoms.